The van der Waals surface area contributed by atoms with Crippen LogP contribution in [0.15, 0.2) is 12.3 Å². The largest absolute Gasteiger partial charge is 0.395 e. The smallest absolute Gasteiger partial charge is 0.269 e. The van der Waals surface area contributed by atoms with Crippen molar-refractivity contribution in [2.75, 3.05) is 12.9 Å². The normalized spacial score (nSPS) is 14.5. The van der Waals surface area contributed by atoms with E-state index in [1.807, 2.05) is 13.2 Å². The van der Waals surface area contributed by atoms with Crippen LogP contribution in [0.5, 0.6) is 0 Å². The van der Waals surface area contributed by atoms with E-state index in [9.17, 15) is 4.79 Å². The lowest BCUT2D eigenvalue weighted by Gasteiger charge is -2.21. The molecule has 0 aliphatic rings. The molecule has 1 heterocycles. The summed E-state index contributed by atoms with van der Waals surface area (Å²) in [5.74, 6) is -0.167. The minimum Gasteiger partial charge on any atom is -0.395 e. The molecular formula is C10H17N3O2S. The molecule has 1 aromatic rings. The van der Waals surface area contributed by atoms with Crippen molar-refractivity contribution in [2.45, 2.75) is 18.2 Å². The first-order valence-electron chi connectivity index (χ1n) is 5.02. The van der Waals surface area contributed by atoms with E-state index in [-0.39, 0.29) is 23.8 Å². The second-order valence-electron chi connectivity index (χ2n) is 3.56. The summed E-state index contributed by atoms with van der Waals surface area (Å²) < 4.78 is 1.52. The molecule has 0 spiro atoms. The number of aliphatic hydroxyl groups excluding tert-OH is 1. The average molecular weight is 243 g/mol. The average Bonchev–Trinajstić information content (AvgIpc) is 2.66. The van der Waals surface area contributed by atoms with Crippen LogP contribution < -0.4 is 5.32 Å². The maximum atomic E-state index is 11.8. The van der Waals surface area contributed by atoms with Gasteiger partial charge in [-0.05, 0) is 19.2 Å². The number of amides is 1. The molecule has 0 bridgehead atoms. The van der Waals surface area contributed by atoms with Gasteiger partial charge in [-0.25, -0.2) is 0 Å². The lowest BCUT2D eigenvalue weighted by atomic mass is 10.2. The molecule has 0 aliphatic heterocycles. The van der Waals surface area contributed by atoms with E-state index in [4.69, 9.17) is 5.11 Å². The predicted molar refractivity (Wildman–Crippen MR) is 64.5 cm³/mol. The van der Waals surface area contributed by atoms with Crippen LogP contribution >= 0.6 is 11.8 Å². The second kappa shape index (κ2) is 5.91. The molecule has 0 aliphatic carbocycles. The van der Waals surface area contributed by atoms with Gasteiger partial charge in [0.1, 0.15) is 5.69 Å². The molecule has 6 heteroatoms. The van der Waals surface area contributed by atoms with Crippen molar-refractivity contribution in [1.29, 1.82) is 0 Å². The predicted octanol–water partition coefficient (Wildman–Crippen LogP) is 0.262. The summed E-state index contributed by atoms with van der Waals surface area (Å²) in [5.41, 5.74) is 0.518. The number of nitrogens with zero attached hydrogens (tertiary/aromatic N) is 2. The number of carbonyl (C=O) groups excluding carboxylic acids is 1. The third-order valence-electron chi connectivity index (χ3n) is 2.45. The highest BCUT2D eigenvalue weighted by Gasteiger charge is 2.19. The molecule has 2 N–H and O–H groups in total. The fourth-order valence-electron chi connectivity index (χ4n) is 1.41. The molecule has 16 heavy (non-hydrogen) atoms. The van der Waals surface area contributed by atoms with E-state index in [2.05, 4.69) is 10.4 Å². The maximum Gasteiger partial charge on any atom is 0.269 e. The summed E-state index contributed by atoms with van der Waals surface area (Å²) in [6.45, 7) is 1.93. The molecule has 0 saturated heterocycles. The van der Waals surface area contributed by atoms with Crippen molar-refractivity contribution in [3.05, 3.63) is 18.0 Å². The standard InChI is InChI=1S/C10H17N3O2S/c1-7(9(6-14)16-3)12-10(15)8-4-5-11-13(8)2/h4-5,7,9,14H,6H2,1-3H3,(H,12,15). The number of thioether (sulfide) groups is 1. The van der Waals surface area contributed by atoms with Crippen LogP contribution in [0.2, 0.25) is 0 Å². The first-order chi connectivity index (χ1) is 7.60. The minimum atomic E-state index is -0.167. The van der Waals surface area contributed by atoms with Crippen LogP contribution in [-0.4, -0.2) is 44.9 Å². The number of carbonyl (C=O) groups is 1. The summed E-state index contributed by atoms with van der Waals surface area (Å²) >= 11 is 1.53. The number of hydrogen-bond acceptors (Lipinski definition) is 4. The molecule has 5 nitrogen and oxygen atoms in total. The van der Waals surface area contributed by atoms with Crippen LogP contribution in [0.4, 0.5) is 0 Å². The van der Waals surface area contributed by atoms with Crippen LogP contribution in [0.3, 0.4) is 0 Å². The van der Waals surface area contributed by atoms with Crippen molar-refractivity contribution in [3.63, 3.8) is 0 Å². The number of aryl methyl sites for hydroxylation is 1. The molecule has 0 fully saturated rings. The topological polar surface area (TPSA) is 67.2 Å². The van der Waals surface area contributed by atoms with Gasteiger partial charge in [0.05, 0.1) is 6.61 Å². The molecule has 2 atom stereocenters. The van der Waals surface area contributed by atoms with Crippen molar-refractivity contribution >= 4 is 17.7 Å². The zero-order valence-corrected chi connectivity index (χ0v) is 10.5. The van der Waals surface area contributed by atoms with Gasteiger partial charge >= 0.3 is 0 Å². The van der Waals surface area contributed by atoms with Gasteiger partial charge in [0.25, 0.3) is 5.91 Å². The SMILES string of the molecule is CSC(CO)C(C)NC(=O)c1ccnn1C. The fourth-order valence-corrected chi connectivity index (χ4v) is 2.03. The lowest BCUT2D eigenvalue weighted by molar-refractivity contribution is 0.0926. The third-order valence-corrected chi connectivity index (χ3v) is 3.62. The van der Waals surface area contributed by atoms with Crippen LogP contribution in [0.25, 0.3) is 0 Å². The highest BCUT2D eigenvalue weighted by molar-refractivity contribution is 7.99. The van der Waals surface area contributed by atoms with E-state index in [1.165, 1.54) is 16.4 Å². The van der Waals surface area contributed by atoms with E-state index >= 15 is 0 Å². The Bertz CT molecular complexity index is 350. The first kappa shape index (κ1) is 13.1. The van der Waals surface area contributed by atoms with Gasteiger partial charge in [-0.15, -0.1) is 0 Å². The van der Waals surface area contributed by atoms with Crippen LogP contribution in [0.1, 0.15) is 17.4 Å². The molecule has 90 valence electrons. The van der Waals surface area contributed by atoms with Crippen LogP contribution in [-0.2, 0) is 7.05 Å². The molecular weight excluding hydrogens is 226 g/mol. The zero-order chi connectivity index (χ0) is 12.1. The summed E-state index contributed by atoms with van der Waals surface area (Å²) in [5, 5.41) is 15.9. The Hall–Kier alpha value is -1.01. The lowest BCUT2D eigenvalue weighted by Crippen LogP contribution is -2.41. The van der Waals surface area contributed by atoms with Crippen molar-refractivity contribution in [3.8, 4) is 0 Å². The summed E-state index contributed by atoms with van der Waals surface area (Å²) in [6.07, 6.45) is 3.49. The fraction of sp³-hybridized carbons (Fsp3) is 0.600. The third kappa shape index (κ3) is 2.99. The van der Waals surface area contributed by atoms with Crippen molar-refractivity contribution in [1.82, 2.24) is 15.1 Å². The molecule has 2 unspecified atom stereocenters. The Morgan fingerprint density at radius 3 is 2.88 bits per heavy atom. The van der Waals surface area contributed by atoms with Crippen molar-refractivity contribution in [2.24, 2.45) is 7.05 Å². The monoisotopic (exact) mass is 243 g/mol. The van der Waals surface area contributed by atoms with E-state index in [1.54, 1.807) is 19.3 Å². The second-order valence-corrected chi connectivity index (χ2v) is 4.64. The van der Waals surface area contributed by atoms with Gasteiger partial charge in [-0.3, -0.25) is 9.48 Å². The summed E-state index contributed by atoms with van der Waals surface area (Å²) in [7, 11) is 1.72. The summed E-state index contributed by atoms with van der Waals surface area (Å²) in [4.78, 5) is 11.8. The molecule has 0 radical (unpaired) electrons. The quantitative estimate of drug-likeness (QED) is 0.778. The highest BCUT2D eigenvalue weighted by atomic mass is 32.2. The first-order valence-corrected chi connectivity index (χ1v) is 6.31. The van der Waals surface area contributed by atoms with Gasteiger partial charge in [0.2, 0.25) is 0 Å². The Labute approximate surface area is 99.2 Å². The van der Waals surface area contributed by atoms with Gasteiger partial charge < -0.3 is 10.4 Å². The minimum absolute atomic E-state index is 0.0113. The van der Waals surface area contributed by atoms with E-state index in [0.717, 1.165) is 0 Å². The number of rotatable bonds is 5. The Morgan fingerprint density at radius 2 is 2.44 bits per heavy atom. The van der Waals surface area contributed by atoms with Gasteiger partial charge in [0, 0.05) is 24.5 Å². The maximum absolute atomic E-state index is 11.8. The van der Waals surface area contributed by atoms with E-state index < -0.39 is 0 Å². The number of aromatic nitrogens is 2. The van der Waals surface area contributed by atoms with Gasteiger partial charge in [-0.1, -0.05) is 0 Å². The highest BCUT2D eigenvalue weighted by Crippen LogP contribution is 2.10. The molecule has 1 rings (SSSR count). The summed E-state index contributed by atoms with van der Waals surface area (Å²) in [6, 6.07) is 1.58. The Balaban J connectivity index is 2.61. The number of aliphatic hydroxyl groups is 1. The number of nitrogens with one attached hydrogen (secondary N) is 1. The van der Waals surface area contributed by atoms with Gasteiger partial charge in [-0.2, -0.15) is 16.9 Å². The van der Waals surface area contributed by atoms with E-state index in [0.29, 0.717) is 5.69 Å². The molecule has 1 aromatic heterocycles. The van der Waals surface area contributed by atoms with Crippen LogP contribution in [0, 0.1) is 0 Å². The zero-order valence-electron chi connectivity index (χ0n) is 9.67. The van der Waals surface area contributed by atoms with Gasteiger partial charge in [0.15, 0.2) is 0 Å². The molecule has 0 saturated carbocycles. The molecule has 0 aromatic carbocycles. The number of hydrogen-bond donors (Lipinski definition) is 2. The molecule has 1 amide bonds. The van der Waals surface area contributed by atoms with Crippen molar-refractivity contribution < 1.29 is 9.90 Å². The Morgan fingerprint density at radius 1 is 1.75 bits per heavy atom. The Kier molecular flexibility index (Phi) is 4.82.